The number of hydrogen-bond acceptors (Lipinski definition) is 7. The van der Waals surface area contributed by atoms with Crippen LogP contribution in [-0.4, -0.2) is 47.5 Å². The molecule has 0 bridgehead atoms. The van der Waals surface area contributed by atoms with Gasteiger partial charge < -0.3 is 24.6 Å². The van der Waals surface area contributed by atoms with Gasteiger partial charge in [-0.15, -0.1) is 0 Å². The maximum Gasteiger partial charge on any atom is 0.303 e. The molecular weight excluding hydrogens is 470 g/mol. The number of fused-ring (bicyclic) bond motifs is 2. The van der Waals surface area contributed by atoms with Gasteiger partial charge in [0.15, 0.2) is 17.3 Å². The van der Waals surface area contributed by atoms with Gasteiger partial charge in [-0.25, -0.2) is 9.97 Å². The minimum Gasteiger partial charge on any atom is -0.494 e. The minimum atomic E-state index is -0.733. The fourth-order valence-electron chi connectivity index (χ4n) is 4.99. The van der Waals surface area contributed by atoms with Crippen LogP contribution in [0, 0.1) is 6.92 Å². The van der Waals surface area contributed by atoms with Crippen molar-refractivity contribution in [1.82, 2.24) is 15.3 Å². The number of aromatic nitrogens is 2. The molecule has 0 saturated heterocycles. The molecule has 1 aliphatic carbocycles. The Morgan fingerprint density at radius 3 is 2.89 bits per heavy atom. The first-order chi connectivity index (χ1) is 18.1. The lowest BCUT2D eigenvalue weighted by Crippen LogP contribution is -2.19. The summed E-state index contributed by atoms with van der Waals surface area (Å²) in [5.74, 6) is 2.46. The third kappa shape index (κ3) is 6.20. The highest BCUT2D eigenvalue weighted by molar-refractivity contribution is 5.68. The highest BCUT2D eigenvalue weighted by Gasteiger charge is 2.24. The van der Waals surface area contributed by atoms with E-state index in [0.29, 0.717) is 12.4 Å². The van der Waals surface area contributed by atoms with E-state index in [1.54, 1.807) is 0 Å². The van der Waals surface area contributed by atoms with Gasteiger partial charge in [0.2, 0.25) is 6.79 Å². The molecule has 0 amide bonds. The monoisotopic (exact) mass is 503 g/mol. The molecule has 2 aromatic carbocycles. The summed E-state index contributed by atoms with van der Waals surface area (Å²) in [6.07, 6.45) is 6.71. The van der Waals surface area contributed by atoms with Crippen molar-refractivity contribution in [3.05, 3.63) is 65.0 Å². The summed E-state index contributed by atoms with van der Waals surface area (Å²) in [6, 6.07) is 11.9. The summed E-state index contributed by atoms with van der Waals surface area (Å²) < 4.78 is 16.8. The molecule has 0 fully saturated rings. The number of carbonyl (C=O) groups is 1. The Balaban J connectivity index is 1.01. The Labute approximate surface area is 217 Å². The van der Waals surface area contributed by atoms with E-state index in [1.165, 1.54) is 11.1 Å². The summed E-state index contributed by atoms with van der Waals surface area (Å²) in [4.78, 5) is 20.4. The van der Waals surface area contributed by atoms with Gasteiger partial charge in [-0.2, -0.15) is 0 Å². The van der Waals surface area contributed by atoms with Crippen molar-refractivity contribution in [3.63, 3.8) is 0 Å². The van der Waals surface area contributed by atoms with Crippen molar-refractivity contribution in [3.8, 4) is 28.6 Å². The Hall–Kier alpha value is -3.65. The summed E-state index contributed by atoms with van der Waals surface area (Å²) in [5.41, 5.74) is 5.48. The molecule has 5 rings (SSSR count). The van der Waals surface area contributed by atoms with Crippen molar-refractivity contribution in [2.45, 2.75) is 51.4 Å². The van der Waals surface area contributed by atoms with E-state index in [4.69, 9.17) is 24.3 Å². The molecule has 2 aliphatic rings. The number of nitrogens with zero attached hydrogens (tertiary/aromatic N) is 2. The van der Waals surface area contributed by atoms with E-state index in [1.807, 2.05) is 36.5 Å². The zero-order valence-electron chi connectivity index (χ0n) is 21.2. The first kappa shape index (κ1) is 25.0. The molecule has 8 nitrogen and oxygen atoms in total. The van der Waals surface area contributed by atoms with Crippen LogP contribution in [0.1, 0.15) is 54.0 Å². The van der Waals surface area contributed by atoms with Gasteiger partial charge in [-0.1, -0.05) is 6.07 Å². The van der Waals surface area contributed by atoms with E-state index in [0.717, 1.165) is 79.3 Å². The second-order valence-electron chi connectivity index (χ2n) is 9.64. The lowest BCUT2D eigenvalue weighted by atomic mass is 9.98. The van der Waals surface area contributed by atoms with Crippen LogP contribution in [0.2, 0.25) is 0 Å². The normalized spacial score (nSPS) is 15.5. The van der Waals surface area contributed by atoms with E-state index in [-0.39, 0.29) is 19.1 Å². The van der Waals surface area contributed by atoms with Gasteiger partial charge in [0.1, 0.15) is 5.75 Å². The minimum absolute atomic E-state index is 0.132. The van der Waals surface area contributed by atoms with Crippen molar-refractivity contribution >= 4 is 5.97 Å². The number of nitrogens with one attached hydrogen (secondary N) is 1. The molecule has 0 unspecified atom stereocenters. The summed E-state index contributed by atoms with van der Waals surface area (Å²) >= 11 is 0. The number of rotatable bonds is 12. The van der Waals surface area contributed by atoms with Gasteiger partial charge in [0.25, 0.3) is 0 Å². The van der Waals surface area contributed by atoms with Crippen molar-refractivity contribution in [1.29, 1.82) is 0 Å². The summed E-state index contributed by atoms with van der Waals surface area (Å²) in [5, 5.41) is 12.6. The van der Waals surface area contributed by atoms with E-state index < -0.39 is 5.97 Å². The molecule has 1 aliphatic heterocycles. The molecule has 2 N–H and O–H groups in total. The van der Waals surface area contributed by atoms with Crippen LogP contribution < -0.4 is 19.5 Å². The quantitative estimate of drug-likeness (QED) is 0.344. The number of ether oxygens (including phenoxy) is 3. The second kappa shape index (κ2) is 11.6. The van der Waals surface area contributed by atoms with Crippen molar-refractivity contribution in [2.75, 3.05) is 26.5 Å². The molecule has 8 heteroatoms. The first-order valence-electron chi connectivity index (χ1n) is 13.0. The van der Waals surface area contributed by atoms with Crippen LogP contribution in [0.15, 0.2) is 42.6 Å². The van der Waals surface area contributed by atoms with Crippen LogP contribution in [0.3, 0.4) is 0 Å². The molecule has 0 radical (unpaired) electrons. The molecule has 37 heavy (non-hydrogen) atoms. The van der Waals surface area contributed by atoms with E-state index in [2.05, 4.69) is 23.3 Å². The highest BCUT2D eigenvalue weighted by Crippen LogP contribution is 2.37. The summed E-state index contributed by atoms with van der Waals surface area (Å²) in [7, 11) is 0. The zero-order chi connectivity index (χ0) is 25.6. The van der Waals surface area contributed by atoms with Gasteiger partial charge in [-0.3, -0.25) is 4.79 Å². The molecule has 0 saturated carbocycles. The van der Waals surface area contributed by atoms with Crippen LogP contribution >= 0.6 is 0 Å². The fraction of sp³-hybridized carbons (Fsp3) is 0.414. The molecule has 3 aromatic rings. The van der Waals surface area contributed by atoms with Crippen LogP contribution in [-0.2, 0) is 17.6 Å². The number of aliphatic carboxylic acids is 1. The predicted molar refractivity (Wildman–Crippen MR) is 139 cm³/mol. The number of aryl methyl sites for hydroxylation is 3. The third-order valence-electron chi connectivity index (χ3n) is 6.98. The first-order valence-corrected chi connectivity index (χ1v) is 13.0. The predicted octanol–water partition coefficient (Wildman–Crippen LogP) is 4.68. The largest absolute Gasteiger partial charge is 0.494 e. The maximum atomic E-state index is 11.0. The average molecular weight is 504 g/mol. The lowest BCUT2D eigenvalue weighted by molar-refractivity contribution is -0.137. The van der Waals surface area contributed by atoms with Crippen LogP contribution in [0.4, 0.5) is 0 Å². The highest BCUT2D eigenvalue weighted by atomic mass is 16.7. The number of carboxylic acids is 1. The van der Waals surface area contributed by atoms with Gasteiger partial charge in [-0.05, 0) is 105 Å². The molecule has 194 valence electrons. The lowest BCUT2D eigenvalue weighted by Gasteiger charge is -2.11. The number of benzene rings is 2. The number of hydrogen-bond donors (Lipinski definition) is 2. The Morgan fingerprint density at radius 1 is 1.14 bits per heavy atom. The van der Waals surface area contributed by atoms with Crippen molar-refractivity contribution < 1.29 is 24.1 Å². The average Bonchev–Trinajstić information content (AvgIpc) is 3.52. The second-order valence-corrected chi connectivity index (χ2v) is 9.64. The Bertz CT molecular complexity index is 1260. The molecule has 1 aromatic heterocycles. The smallest absolute Gasteiger partial charge is 0.303 e. The van der Waals surface area contributed by atoms with Gasteiger partial charge >= 0.3 is 5.97 Å². The van der Waals surface area contributed by atoms with Gasteiger partial charge in [0.05, 0.1) is 13.0 Å². The molecule has 2 heterocycles. The van der Waals surface area contributed by atoms with E-state index in [9.17, 15) is 4.79 Å². The fourth-order valence-corrected chi connectivity index (χ4v) is 4.99. The van der Waals surface area contributed by atoms with Crippen molar-refractivity contribution in [2.24, 2.45) is 0 Å². The topological polar surface area (TPSA) is 103 Å². The zero-order valence-corrected chi connectivity index (χ0v) is 21.2. The SMILES string of the molecule is Cc1cnc(-c2ccc3c(c2)OCO3)nc1CCCNCCCOc1ccc2c(c1)CC[C@H]2CC(=O)O. The molecule has 1 atom stereocenters. The van der Waals surface area contributed by atoms with Crippen LogP contribution in [0.5, 0.6) is 17.2 Å². The maximum absolute atomic E-state index is 11.0. The van der Waals surface area contributed by atoms with Gasteiger partial charge in [0, 0.05) is 17.5 Å². The Morgan fingerprint density at radius 2 is 2.00 bits per heavy atom. The van der Waals surface area contributed by atoms with E-state index >= 15 is 0 Å². The summed E-state index contributed by atoms with van der Waals surface area (Å²) in [6.45, 7) is 4.75. The molecule has 0 spiro atoms. The number of carboxylic acid groups (broad SMARTS) is 1. The van der Waals surface area contributed by atoms with Crippen LogP contribution in [0.25, 0.3) is 11.4 Å². The third-order valence-corrected chi connectivity index (χ3v) is 6.98. The molecular formula is C29H33N3O5. The standard InChI is InChI=1S/C29H33N3O5/c1-19-17-31-29(22-7-10-26-27(15-22)37-18-36-26)32-25(19)4-2-11-30-12-3-13-35-23-8-9-24-20(14-23)5-6-21(24)16-28(33)34/h7-10,14-15,17,21,30H,2-6,11-13,16,18H2,1H3,(H,33,34)/t21-/m0/s1. The Kier molecular flexibility index (Phi) is 7.84.